The largest absolute Gasteiger partial charge is 0.454 e. The molecule has 0 radical (unpaired) electrons. The average molecular weight is 502 g/mol. The van der Waals surface area contributed by atoms with Crippen LogP contribution < -0.4 is 24.4 Å². The molecule has 0 saturated carbocycles. The Morgan fingerprint density at radius 2 is 1.88 bits per heavy atom. The lowest BCUT2D eigenvalue weighted by Crippen LogP contribution is -2.37. The summed E-state index contributed by atoms with van der Waals surface area (Å²) in [5.41, 5.74) is 1.08. The van der Waals surface area contributed by atoms with Crippen LogP contribution in [0.2, 0.25) is 0 Å². The molecule has 3 aromatic rings. The Balaban J connectivity index is 1.18. The molecule has 11 nitrogen and oxygen atoms in total. The van der Waals surface area contributed by atoms with Gasteiger partial charge in [-0.2, -0.15) is 0 Å². The molecule has 3 heterocycles. The molecule has 0 aliphatic carbocycles. The third-order valence-corrected chi connectivity index (χ3v) is 7.37. The van der Waals surface area contributed by atoms with Crippen molar-refractivity contribution in [3.8, 4) is 11.5 Å². The van der Waals surface area contributed by atoms with E-state index in [9.17, 15) is 18.0 Å². The van der Waals surface area contributed by atoms with E-state index in [0.717, 1.165) is 0 Å². The number of rotatable bonds is 7. The number of thiazole rings is 1. The van der Waals surface area contributed by atoms with Gasteiger partial charge in [0.15, 0.2) is 16.6 Å². The second-order valence-corrected chi connectivity index (χ2v) is 9.99. The predicted molar refractivity (Wildman–Crippen MR) is 125 cm³/mol. The van der Waals surface area contributed by atoms with Gasteiger partial charge in [0.2, 0.25) is 12.7 Å². The lowest BCUT2D eigenvalue weighted by atomic mass is 10.2. The summed E-state index contributed by atoms with van der Waals surface area (Å²) in [6.07, 6.45) is 1.50. The molecule has 2 aliphatic heterocycles. The highest BCUT2D eigenvalue weighted by molar-refractivity contribution is 7.93. The molecule has 1 saturated heterocycles. The van der Waals surface area contributed by atoms with E-state index in [1.807, 2.05) is 0 Å². The van der Waals surface area contributed by atoms with Crippen molar-refractivity contribution in [1.82, 2.24) is 9.88 Å². The van der Waals surface area contributed by atoms with Gasteiger partial charge in [0.05, 0.1) is 4.90 Å². The molecule has 3 amide bonds. The van der Waals surface area contributed by atoms with Crippen LogP contribution in [0.3, 0.4) is 0 Å². The van der Waals surface area contributed by atoms with E-state index < -0.39 is 15.9 Å². The van der Waals surface area contributed by atoms with Crippen LogP contribution in [0.15, 0.2) is 58.9 Å². The number of hydrogen-bond acceptors (Lipinski definition) is 8. The number of urea groups is 1. The van der Waals surface area contributed by atoms with Crippen molar-refractivity contribution < 1.29 is 27.5 Å². The number of aromatic nitrogens is 1. The Hall–Kier alpha value is -3.84. The molecule has 2 N–H and O–H groups in total. The number of amides is 3. The Labute approximate surface area is 199 Å². The van der Waals surface area contributed by atoms with Gasteiger partial charge in [0.25, 0.3) is 10.0 Å². The van der Waals surface area contributed by atoms with Gasteiger partial charge in [-0.1, -0.05) is 0 Å². The van der Waals surface area contributed by atoms with E-state index in [4.69, 9.17) is 9.47 Å². The van der Waals surface area contributed by atoms with Gasteiger partial charge >= 0.3 is 6.03 Å². The van der Waals surface area contributed by atoms with Crippen molar-refractivity contribution in [2.45, 2.75) is 4.90 Å². The number of benzene rings is 2. The molecule has 2 aliphatic rings. The van der Waals surface area contributed by atoms with Gasteiger partial charge < -0.3 is 19.7 Å². The number of anilines is 3. The van der Waals surface area contributed by atoms with Crippen LogP contribution in [0, 0.1) is 0 Å². The molecule has 0 spiro atoms. The molecule has 0 bridgehead atoms. The van der Waals surface area contributed by atoms with Crippen LogP contribution in [0.4, 0.5) is 21.3 Å². The second-order valence-electron chi connectivity index (χ2n) is 7.41. The summed E-state index contributed by atoms with van der Waals surface area (Å²) in [5, 5.41) is 4.62. The third-order valence-electron chi connectivity index (χ3n) is 5.20. The highest BCUT2D eigenvalue weighted by Crippen LogP contribution is 2.36. The lowest BCUT2D eigenvalue weighted by Gasteiger charge is -2.18. The summed E-state index contributed by atoms with van der Waals surface area (Å²) in [4.78, 5) is 32.3. The fraction of sp³-hybridized carbons (Fsp3) is 0.190. The van der Waals surface area contributed by atoms with Gasteiger partial charge in [-0.3, -0.25) is 14.4 Å². The Morgan fingerprint density at radius 3 is 2.65 bits per heavy atom. The number of ether oxygens (including phenoxy) is 2. The quantitative estimate of drug-likeness (QED) is 0.509. The predicted octanol–water partition coefficient (Wildman–Crippen LogP) is 2.55. The van der Waals surface area contributed by atoms with Gasteiger partial charge in [-0.05, 0) is 36.4 Å². The molecule has 2 aromatic carbocycles. The minimum absolute atomic E-state index is 0.0368. The topological polar surface area (TPSA) is 130 Å². The highest BCUT2D eigenvalue weighted by Gasteiger charge is 2.31. The van der Waals surface area contributed by atoms with E-state index >= 15 is 0 Å². The summed E-state index contributed by atoms with van der Waals surface area (Å²) in [5.74, 6) is 0.815. The number of nitrogens with one attached hydrogen (secondary N) is 2. The molecule has 5 rings (SSSR count). The maximum atomic E-state index is 12.8. The number of carbonyl (C=O) groups is 2. The maximum absolute atomic E-state index is 12.8. The van der Waals surface area contributed by atoms with Crippen LogP contribution >= 0.6 is 11.3 Å². The van der Waals surface area contributed by atoms with Gasteiger partial charge in [0, 0.05) is 42.1 Å². The van der Waals surface area contributed by atoms with Gasteiger partial charge in [0.1, 0.15) is 6.54 Å². The fourth-order valence-electron chi connectivity index (χ4n) is 3.56. The first-order chi connectivity index (χ1) is 16.4. The Morgan fingerprint density at radius 1 is 1.09 bits per heavy atom. The standard InChI is InChI=1S/C21H19N5O6S2/c27-19(23-14-1-4-16(5-2-14)34(29,30)24-20-22-7-10-33-20)12-25-8-9-26(21(25)28)15-3-6-17-18(11-15)32-13-31-17/h1-7,10-11H,8-9,12-13H2,(H,22,24)(H,23,27). The summed E-state index contributed by atoms with van der Waals surface area (Å²) < 4.78 is 37.9. The fourth-order valence-corrected chi connectivity index (χ4v) is 5.35. The van der Waals surface area contributed by atoms with Crippen molar-refractivity contribution in [3.63, 3.8) is 0 Å². The van der Waals surface area contributed by atoms with E-state index in [0.29, 0.717) is 36.0 Å². The zero-order chi connectivity index (χ0) is 23.7. The third kappa shape index (κ3) is 4.47. The summed E-state index contributed by atoms with van der Waals surface area (Å²) in [6.45, 7) is 0.838. The second kappa shape index (κ2) is 8.83. The molecule has 0 atom stereocenters. The summed E-state index contributed by atoms with van der Waals surface area (Å²) >= 11 is 1.17. The number of carbonyl (C=O) groups excluding carboxylic acids is 2. The molecule has 176 valence electrons. The molecular formula is C21H19N5O6S2. The number of nitrogens with zero attached hydrogens (tertiary/aromatic N) is 3. The normalized spacial score (nSPS) is 15.0. The minimum atomic E-state index is -3.78. The number of sulfonamides is 1. The van der Waals surface area contributed by atoms with Crippen LogP contribution in [0.25, 0.3) is 0 Å². The summed E-state index contributed by atoms with van der Waals surface area (Å²) in [6, 6.07) is 10.7. The van der Waals surface area contributed by atoms with Gasteiger partial charge in [-0.15, -0.1) is 11.3 Å². The van der Waals surface area contributed by atoms with Crippen molar-refractivity contribution >= 4 is 49.8 Å². The van der Waals surface area contributed by atoms with Gasteiger partial charge in [-0.25, -0.2) is 18.2 Å². The average Bonchev–Trinajstić information content (AvgIpc) is 3.56. The lowest BCUT2D eigenvalue weighted by molar-refractivity contribution is -0.116. The first-order valence-corrected chi connectivity index (χ1v) is 12.5. The van der Waals surface area contributed by atoms with Crippen molar-refractivity contribution in [2.24, 2.45) is 0 Å². The Kier molecular flexibility index (Phi) is 5.71. The zero-order valence-electron chi connectivity index (χ0n) is 17.6. The maximum Gasteiger partial charge on any atom is 0.325 e. The summed E-state index contributed by atoms with van der Waals surface area (Å²) in [7, 11) is -3.78. The monoisotopic (exact) mass is 501 g/mol. The molecule has 13 heteroatoms. The molecular weight excluding hydrogens is 482 g/mol. The minimum Gasteiger partial charge on any atom is -0.454 e. The van der Waals surface area contributed by atoms with Crippen LogP contribution in [0.5, 0.6) is 11.5 Å². The van der Waals surface area contributed by atoms with E-state index in [1.54, 1.807) is 28.5 Å². The molecule has 1 aromatic heterocycles. The smallest absolute Gasteiger partial charge is 0.325 e. The van der Waals surface area contributed by atoms with Crippen molar-refractivity contribution in [1.29, 1.82) is 0 Å². The molecule has 34 heavy (non-hydrogen) atoms. The van der Waals surface area contributed by atoms with Crippen molar-refractivity contribution in [3.05, 3.63) is 54.0 Å². The van der Waals surface area contributed by atoms with E-state index in [1.165, 1.54) is 46.7 Å². The van der Waals surface area contributed by atoms with E-state index in [-0.39, 0.29) is 29.4 Å². The Bertz CT molecular complexity index is 1330. The first-order valence-electron chi connectivity index (χ1n) is 10.2. The van der Waals surface area contributed by atoms with Crippen molar-refractivity contribution in [2.75, 3.05) is 41.4 Å². The SMILES string of the molecule is O=C(CN1CCN(c2ccc3c(c2)OCO3)C1=O)Nc1ccc(S(=O)(=O)Nc2nccs2)cc1. The highest BCUT2D eigenvalue weighted by atomic mass is 32.2. The van der Waals surface area contributed by atoms with Crippen LogP contribution in [-0.2, 0) is 14.8 Å². The zero-order valence-corrected chi connectivity index (χ0v) is 19.3. The number of fused-ring (bicyclic) bond motifs is 1. The first kappa shape index (κ1) is 22.0. The van der Waals surface area contributed by atoms with E-state index in [2.05, 4.69) is 15.0 Å². The number of hydrogen-bond donors (Lipinski definition) is 2. The van der Waals surface area contributed by atoms with Crippen LogP contribution in [-0.4, -0.2) is 56.7 Å². The molecule has 1 fully saturated rings. The molecule has 0 unspecified atom stereocenters. The van der Waals surface area contributed by atoms with Crippen LogP contribution in [0.1, 0.15) is 0 Å².